The molecule has 2 amide bonds. The summed E-state index contributed by atoms with van der Waals surface area (Å²) in [6.07, 6.45) is 1.25. The van der Waals surface area contributed by atoms with Gasteiger partial charge in [-0.05, 0) is 20.8 Å². The number of hydrogen-bond acceptors (Lipinski definition) is 2. The van der Waals surface area contributed by atoms with E-state index in [9.17, 15) is 9.59 Å². The second-order valence-corrected chi connectivity index (χ2v) is 2.99. The van der Waals surface area contributed by atoms with Crippen LogP contribution < -0.4 is 10.6 Å². The summed E-state index contributed by atoms with van der Waals surface area (Å²) in [7, 11) is 0. The van der Waals surface area contributed by atoms with E-state index in [-0.39, 0.29) is 6.04 Å². The average Bonchev–Trinajstić information content (AvgIpc) is 1.88. The van der Waals surface area contributed by atoms with Crippen molar-refractivity contribution in [2.24, 2.45) is 0 Å². The molecule has 0 heterocycles. The first kappa shape index (κ1) is 9.94. The molecule has 64 valence electrons. The molecular formula is C7H14N2O2. The zero-order valence-corrected chi connectivity index (χ0v) is 7.05. The summed E-state index contributed by atoms with van der Waals surface area (Å²) >= 11 is 0. The fourth-order valence-corrected chi connectivity index (χ4v) is 0.587. The highest BCUT2D eigenvalue weighted by Crippen LogP contribution is 2.06. The fraction of sp³-hybridized carbons (Fsp3) is 0.714. The zero-order valence-electron chi connectivity index (χ0n) is 7.05. The van der Waals surface area contributed by atoms with Gasteiger partial charge < -0.3 is 10.6 Å². The molecule has 0 aliphatic carbocycles. The van der Waals surface area contributed by atoms with E-state index in [1.807, 2.05) is 20.8 Å². The van der Waals surface area contributed by atoms with E-state index in [0.717, 1.165) is 0 Å². The van der Waals surface area contributed by atoms with Crippen LogP contribution in [0.3, 0.4) is 0 Å². The Morgan fingerprint density at radius 3 is 2.18 bits per heavy atom. The summed E-state index contributed by atoms with van der Waals surface area (Å²) in [6, 6.07) is -0.0785. The van der Waals surface area contributed by atoms with Crippen LogP contribution in [0.2, 0.25) is 0 Å². The molecule has 0 saturated heterocycles. The van der Waals surface area contributed by atoms with Gasteiger partial charge in [-0.2, -0.15) is 0 Å². The van der Waals surface area contributed by atoms with Crippen LogP contribution in [0.4, 0.5) is 0 Å². The Morgan fingerprint density at radius 2 is 1.82 bits per heavy atom. The third-order valence-electron chi connectivity index (χ3n) is 1.83. The Bertz CT molecular complexity index is 145. The summed E-state index contributed by atoms with van der Waals surface area (Å²) in [5.74, 6) is 0. The summed E-state index contributed by atoms with van der Waals surface area (Å²) in [5, 5.41) is 5.17. The quantitative estimate of drug-likeness (QED) is 0.537. The Hall–Kier alpha value is -1.06. The van der Waals surface area contributed by atoms with Gasteiger partial charge >= 0.3 is 0 Å². The number of hydrogen-bond donors (Lipinski definition) is 2. The molecule has 1 unspecified atom stereocenters. The van der Waals surface area contributed by atoms with E-state index in [1.54, 1.807) is 0 Å². The number of rotatable bonds is 5. The van der Waals surface area contributed by atoms with Crippen LogP contribution in [0, 0.1) is 0 Å². The van der Waals surface area contributed by atoms with Crippen molar-refractivity contribution < 1.29 is 9.59 Å². The topological polar surface area (TPSA) is 58.2 Å². The first-order valence-electron chi connectivity index (χ1n) is 3.45. The van der Waals surface area contributed by atoms with Gasteiger partial charge in [-0.25, -0.2) is 0 Å². The molecule has 0 aromatic heterocycles. The standard InChI is InChI=1S/C7H14N2O2/c1-6(8-4-10)7(2,3)9-5-11/h4-6H,1-3H3,(H,8,10)(H,9,11). The minimum absolute atomic E-state index is 0.0785. The van der Waals surface area contributed by atoms with Gasteiger partial charge in [0.25, 0.3) is 0 Å². The molecule has 0 bridgehead atoms. The van der Waals surface area contributed by atoms with Crippen LogP contribution in [-0.4, -0.2) is 24.4 Å². The maximum absolute atomic E-state index is 10.1. The molecule has 0 aromatic carbocycles. The highest BCUT2D eigenvalue weighted by atomic mass is 16.1. The number of carbonyl (C=O) groups is 2. The molecule has 4 heteroatoms. The van der Waals surface area contributed by atoms with Crippen LogP contribution in [0.25, 0.3) is 0 Å². The molecule has 2 N–H and O–H groups in total. The monoisotopic (exact) mass is 158 g/mol. The minimum Gasteiger partial charge on any atom is -0.354 e. The van der Waals surface area contributed by atoms with Crippen LogP contribution in [0.1, 0.15) is 20.8 Å². The lowest BCUT2D eigenvalue weighted by Gasteiger charge is -2.30. The van der Waals surface area contributed by atoms with Crippen molar-refractivity contribution in [1.29, 1.82) is 0 Å². The van der Waals surface area contributed by atoms with Crippen molar-refractivity contribution in [2.45, 2.75) is 32.4 Å². The third-order valence-corrected chi connectivity index (χ3v) is 1.83. The maximum atomic E-state index is 10.1. The molecule has 0 saturated carbocycles. The van der Waals surface area contributed by atoms with Gasteiger partial charge in [-0.3, -0.25) is 9.59 Å². The minimum atomic E-state index is -0.400. The highest BCUT2D eigenvalue weighted by molar-refractivity contribution is 5.50. The van der Waals surface area contributed by atoms with Crippen molar-refractivity contribution in [1.82, 2.24) is 10.6 Å². The highest BCUT2D eigenvalue weighted by Gasteiger charge is 2.23. The second kappa shape index (κ2) is 3.95. The summed E-state index contributed by atoms with van der Waals surface area (Å²) in [5.41, 5.74) is -0.400. The predicted molar refractivity (Wildman–Crippen MR) is 41.9 cm³/mol. The van der Waals surface area contributed by atoms with Gasteiger partial charge in [-0.1, -0.05) is 0 Å². The molecule has 0 rings (SSSR count). The van der Waals surface area contributed by atoms with E-state index < -0.39 is 5.54 Å². The summed E-state index contributed by atoms with van der Waals surface area (Å²) in [4.78, 5) is 20.1. The van der Waals surface area contributed by atoms with Crippen molar-refractivity contribution in [2.75, 3.05) is 0 Å². The summed E-state index contributed by atoms with van der Waals surface area (Å²) < 4.78 is 0. The molecule has 4 nitrogen and oxygen atoms in total. The maximum Gasteiger partial charge on any atom is 0.207 e. The van der Waals surface area contributed by atoms with Crippen molar-refractivity contribution in [3.8, 4) is 0 Å². The average molecular weight is 158 g/mol. The lowest BCUT2D eigenvalue weighted by molar-refractivity contribution is -0.113. The zero-order chi connectivity index (χ0) is 8.91. The molecule has 1 atom stereocenters. The lowest BCUT2D eigenvalue weighted by Crippen LogP contribution is -2.53. The largest absolute Gasteiger partial charge is 0.354 e. The first-order valence-corrected chi connectivity index (χ1v) is 3.45. The predicted octanol–water partition coefficient (Wildman–Crippen LogP) is -0.355. The number of nitrogens with one attached hydrogen (secondary N) is 2. The van der Waals surface area contributed by atoms with Crippen molar-refractivity contribution in [3.05, 3.63) is 0 Å². The smallest absolute Gasteiger partial charge is 0.207 e. The number of amides is 2. The van der Waals surface area contributed by atoms with Crippen LogP contribution >= 0.6 is 0 Å². The molecule has 11 heavy (non-hydrogen) atoms. The molecule has 0 radical (unpaired) electrons. The van der Waals surface area contributed by atoms with Gasteiger partial charge in [0, 0.05) is 6.04 Å². The van der Waals surface area contributed by atoms with Crippen LogP contribution in [0.5, 0.6) is 0 Å². The van der Waals surface area contributed by atoms with E-state index in [0.29, 0.717) is 12.8 Å². The van der Waals surface area contributed by atoms with E-state index in [2.05, 4.69) is 10.6 Å². The van der Waals surface area contributed by atoms with Gasteiger partial charge in [0.2, 0.25) is 12.8 Å². The molecule has 0 aromatic rings. The molecule has 0 spiro atoms. The Balaban J connectivity index is 4.03. The lowest BCUT2D eigenvalue weighted by atomic mass is 9.97. The third kappa shape index (κ3) is 3.02. The van der Waals surface area contributed by atoms with Gasteiger partial charge in [0.1, 0.15) is 0 Å². The van der Waals surface area contributed by atoms with Gasteiger partial charge in [0.15, 0.2) is 0 Å². The van der Waals surface area contributed by atoms with Gasteiger partial charge in [0.05, 0.1) is 5.54 Å². The molecule has 0 fully saturated rings. The second-order valence-electron chi connectivity index (χ2n) is 2.99. The molecular weight excluding hydrogens is 144 g/mol. The van der Waals surface area contributed by atoms with Gasteiger partial charge in [-0.15, -0.1) is 0 Å². The SMILES string of the molecule is CC(NC=O)C(C)(C)NC=O. The van der Waals surface area contributed by atoms with E-state index >= 15 is 0 Å². The fourth-order valence-electron chi connectivity index (χ4n) is 0.587. The van der Waals surface area contributed by atoms with Crippen molar-refractivity contribution >= 4 is 12.8 Å². The number of carbonyl (C=O) groups excluding carboxylic acids is 2. The van der Waals surface area contributed by atoms with Crippen molar-refractivity contribution in [3.63, 3.8) is 0 Å². The van der Waals surface area contributed by atoms with Crippen LogP contribution in [-0.2, 0) is 9.59 Å². The Kier molecular flexibility index (Phi) is 3.57. The molecule has 0 aliphatic heterocycles. The summed E-state index contributed by atoms with van der Waals surface area (Å²) in [6.45, 7) is 5.50. The Labute approximate surface area is 66.4 Å². The van der Waals surface area contributed by atoms with E-state index in [1.165, 1.54) is 0 Å². The Morgan fingerprint density at radius 1 is 1.27 bits per heavy atom. The molecule has 0 aliphatic rings. The van der Waals surface area contributed by atoms with Crippen LogP contribution in [0.15, 0.2) is 0 Å². The normalized spacial score (nSPS) is 13.4. The first-order chi connectivity index (χ1) is 5.04. The van der Waals surface area contributed by atoms with E-state index in [4.69, 9.17) is 0 Å².